The molecule has 0 spiro atoms. The molecule has 0 fully saturated rings. The van der Waals surface area contributed by atoms with Crippen molar-refractivity contribution in [3.63, 3.8) is 0 Å². The molecule has 0 aliphatic heterocycles. The number of Topliss-reactive ketones (excluding diaryl/α,β-unsaturated/α-hetero) is 1. The van der Waals surface area contributed by atoms with E-state index in [1.807, 2.05) is 27.7 Å². The molecule has 0 aliphatic rings. The number of hydrogen-bond donors (Lipinski definition) is 2. The zero-order valence-corrected chi connectivity index (χ0v) is 18.2. The summed E-state index contributed by atoms with van der Waals surface area (Å²) in [5.74, 6) is -0.900. The van der Waals surface area contributed by atoms with Crippen molar-refractivity contribution >= 4 is 46.2 Å². The van der Waals surface area contributed by atoms with E-state index in [4.69, 9.17) is 5.41 Å². The average Bonchev–Trinajstić information content (AvgIpc) is 2.48. The Morgan fingerprint density at radius 3 is 2.15 bits per heavy atom. The van der Waals surface area contributed by atoms with Crippen LogP contribution < -0.4 is 0 Å². The number of nitrogens with one attached hydrogen (secondary N) is 1. The van der Waals surface area contributed by atoms with Gasteiger partial charge < -0.3 is 10.0 Å². The summed E-state index contributed by atoms with van der Waals surface area (Å²) in [5, 5.41) is 17.3. The summed E-state index contributed by atoms with van der Waals surface area (Å²) in [6.45, 7) is 9.23. The van der Waals surface area contributed by atoms with Crippen LogP contribution in [0.4, 0.5) is 0 Å². The Hall–Kier alpha value is -1.02. The predicted molar refractivity (Wildman–Crippen MR) is 110 cm³/mol. The highest BCUT2D eigenvalue weighted by Gasteiger charge is 2.30. The van der Waals surface area contributed by atoms with Gasteiger partial charge in [-0.15, -0.1) is 23.5 Å². The van der Waals surface area contributed by atoms with Gasteiger partial charge in [0.05, 0.1) is 11.1 Å². The highest BCUT2D eigenvalue weighted by Crippen LogP contribution is 2.21. The molecule has 2 unspecified atom stereocenters. The van der Waals surface area contributed by atoms with Gasteiger partial charge in [0.25, 0.3) is 0 Å². The highest BCUT2D eigenvalue weighted by molar-refractivity contribution is 8.14. The Morgan fingerprint density at radius 2 is 1.73 bits per heavy atom. The summed E-state index contributed by atoms with van der Waals surface area (Å²) in [6.07, 6.45) is 1.19. The van der Waals surface area contributed by atoms with Crippen LogP contribution in [0.2, 0.25) is 0 Å². The number of aliphatic carboxylic acids is 1. The highest BCUT2D eigenvalue weighted by atomic mass is 32.2. The van der Waals surface area contributed by atoms with Crippen molar-refractivity contribution in [3.05, 3.63) is 0 Å². The quantitative estimate of drug-likeness (QED) is 0.293. The molecule has 2 atom stereocenters. The Balaban J connectivity index is 4.59. The molecule has 0 aromatic rings. The molecule has 2 N–H and O–H groups in total. The predicted octanol–water partition coefficient (Wildman–Crippen LogP) is 3.53. The van der Waals surface area contributed by atoms with Crippen LogP contribution in [0.15, 0.2) is 0 Å². The third-order valence-electron chi connectivity index (χ3n) is 3.74. The number of hydrogen-bond acceptors (Lipinski definition) is 6. The van der Waals surface area contributed by atoms with Crippen molar-refractivity contribution in [2.75, 3.05) is 12.8 Å². The summed E-state index contributed by atoms with van der Waals surface area (Å²) >= 11 is 2.73. The number of thioether (sulfide) groups is 2. The molecule has 0 aromatic carbocycles. The molecule has 0 saturated heterocycles. The zero-order chi connectivity index (χ0) is 20.4. The summed E-state index contributed by atoms with van der Waals surface area (Å²) < 4.78 is 0. The molecular formula is C18H32N2O4S2. The number of nitrogens with zero attached hydrogens (tertiary/aromatic N) is 1. The minimum absolute atomic E-state index is 0.0261. The number of amides is 1. The SMILES string of the molecule is CC(=O)C(C(C)C)N(C)C(=O)CC(SCCCC(=N)SC(C)C)C(=O)O. The van der Waals surface area contributed by atoms with Gasteiger partial charge in [0.1, 0.15) is 5.25 Å². The molecule has 0 saturated carbocycles. The van der Waals surface area contributed by atoms with Crippen molar-refractivity contribution in [2.24, 2.45) is 5.92 Å². The van der Waals surface area contributed by atoms with Gasteiger partial charge in [0.2, 0.25) is 5.91 Å². The lowest BCUT2D eigenvalue weighted by molar-refractivity contribution is -0.142. The fourth-order valence-electron chi connectivity index (χ4n) is 2.67. The van der Waals surface area contributed by atoms with E-state index < -0.39 is 17.3 Å². The van der Waals surface area contributed by atoms with E-state index in [0.29, 0.717) is 28.9 Å². The van der Waals surface area contributed by atoms with Crippen molar-refractivity contribution in [2.45, 2.75) is 70.4 Å². The van der Waals surface area contributed by atoms with Gasteiger partial charge >= 0.3 is 5.97 Å². The van der Waals surface area contributed by atoms with Crippen LogP contribution in [0.1, 0.15) is 53.9 Å². The fraction of sp³-hybridized carbons (Fsp3) is 0.778. The number of carbonyl (C=O) groups excluding carboxylic acids is 2. The van der Waals surface area contributed by atoms with Crippen LogP contribution in [-0.2, 0) is 14.4 Å². The Bertz CT molecular complexity index is 509. The smallest absolute Gasteiger partial charge is 0.317 e. The van der Waals surface area contributed by atoms with E-state index in [-0.39, 0.29) is 24.0 Å². The number of carbonyl (C=O) groups is 3. The lowest BCUT2D eigenvalue weighted by Gasteiger charge is -2.30. The third kappa shape index (κ3) is 9.62. The first-order chi connectivity index (χ1) is 12.0. The lowest BCUT2D eigenvalue weighted by atomic mass is 9.99. The Kier molecular flexibility index (Phi) is 11.9. The Labute approximate surface area is 165 Å². The van der Waals surface area contributed by atoms with Crippen molar-refractivity contribution in [3.8, 4) is 0 Å². The maximum absolute atomic E-state index is 12.4. The van der Waals surface area contributed by atoms with Gasteiger partial charge in [0, 0.05) is 18.7 Å². The van der Waals surface area contributed by atoms with E-state index in [9.17, 15) is 19.5 Å². The van der Waals surface area contributed by atoms with Gasteiger partial charge in [0.15, 0.2) is 5.78 Å². The molecule has 0 rings (SSSR count). The molecule has 8 heteroatoms. The van der Waals surface area contributed by atoms with E-state index in [1.165, 1.54) is 35.3 Å². The molecule has 26 heavy (non-hydrogen) atoms. The first-order valence-corrected chi connectivity index (χ1v) is 10.7. The molecule has 0 aliphatic carbocycles. The largest absolute Gasteiger partial charge is 0.480 e. The lowest BCUT2D eigenvalue weighted by Crippen LogP contribution is -2.46. The van der Waals surface area contributed by atoms with Crippen LogP contribution >= 0.6 is 23.5 Å². The van der Waals surface area contributed by atoms with E-state index in [1.54, 1.807) is 7.05 Å². The first kappa shape index (κ1) is 25.0. The van der Waals surface area contributed by atoms with E-state index in [0.717, 1.165) is 0 Å². The van der Waals surface area contributed by atoms with Crippen molar-refractivity contribution in [1.82, 2.24) is 4.90 Å². The van der Waals surface area contributed by atoms with Crippen molar-refractivity contribution in [1.29, 1.82) is 5.41 Å². The first-order valence-electron chi connectivity index (χ1n) is 8.81. The number of likely N-dealkylation sites (N-methyl/N-ethyl adjacent to an activating group) is 1. The number of rotatable bonds is 12. The fourth-order valence-corrected chi connectivity index (χ4v) is 4.50. The van der Waals surface area contributed by atoms with E-state index in [2.05, 4.69) is 0 Å². The zero-order valence-electron chi connectivity index (χ0n) is 16.6. The van der Waals surface area contributed by atoms with E-state index >= 15 is 0 Å². The van der Waals surface area contributed by atoms with Crippen LogP contribution in [0.3, 0.4) is 0 Å². The van der Waals surface area contributed by atoms with Crippen LogP contribution in [0.25, 0.3) is 0 Å². The molecule has 0 bridgehead atoms. The van der Waals surface area contributed by atoms with Gasteiger partial charge in [-0.1, -0.05) is 27.7 Å². The van der Waals surface area contributed by atoms with Gasteiger partial charge in [-0.25, -0.2) is 0 Å². The maximum Gasteiger partial charge on any atom is 0.317 e. The molecule has 1 amide bonds. The summed E-state index contributed by atoms with van der Waals surface area (Å²) in [5.41, 5.74) is 0. The standard InChI is InChI=1S/C18H32N2O4S2/c1-11(2)17(13(5)21)20(6)16(22)10-14(18(23)24)25-9-7-8-15(19)26-12(3)4/h11-12,14,17,19H,7-10H2,1-6H3,(H,23,24). The summed E-state index contributed by atoms with van der Waals surface area (Å²) in [7, 11) is 1.56. The summed E-state index contributed by atoms with van der Waals surface area (Å²) in [4.78, 5) is 37.0. The monoisotopic (exact) mass is 404 g/mol. The second kappa shape index (κ2) is 12.4. The maximum atomic E-state index is 12.4. The molecular weight excluding hydrogens is 372 g/mol. The van der Waals surface area contributed by atoms with Crippen LogP contribution in [-0.4, -0.2) is 62.1 Å². The number of ketones is 1. The third-order valence-corrected chi connectivity index (χ3v) is 5.99. The second-order valence-electron chi connectivity index (χ2n) is 6.90. The number of carboxylic acid groups (broad SMARTS) is 1. The molecule has 0 aromatic heterocycles. The van der Waals surface area contributed by atoms with Crippen molar-refractivity contribution < 1.29 is 19.5 Å². The minimum Gasteiger partial charge on any atom is -0.480 e. The molecule has 150 valence electrons. The molecule has 0 heterocycles. The van der Waals surface area contributed by atoms with Crippen LogP contribution in [0, 0.1) is 11.3 Å². The molecule has 6 nitrogen and oxygen atoms in total. The summed E-state index contributed by atoms with van der Waals surface area (Å²) in [6, 6.07) is -0.532. The average molecular weight is 405 g/mol. The number of carboxylic acids is 1. The normalized spacial score (nSPS) is 13.5. The minimum atomic E-state index is -1.02. The van der Waals surface area contributed by atoms with Gasteiger partial charge in [-0.3, -0.25) is 19.8 Å². The second-order valence-corrected chi connectivity index (χ2v) is 9.88. The van der Waals surface area contributed by atoms with Gasteiger partial charge in [-0.05, 0) is 31.4 Å². The Morgan fingerprint density at radius 1 is 1.15 bits per heavy atom. The van der Waals surface area contributed by atoms with Crippen LogP contribution in [0.5, 0.6) is 0 Å². The molecule has 0 radical (unpaired) electrons. The van der Waals surface area contributed by atoms with Gasteiger partial charge in [-0.2, -0.15) is 0 Å². The topological polar surface area (TPSA) is 98.5 Å².